The molecule has 0 aliphatic carbocycles. The van der Waals surface area contributed by atoms with Crippen LogP contribution in [0.2, 0.25) is 10.0 Å². The molecule has 0 saturated carbocycles. The molecule has 1 aliphatic rings. The Bertz CT molecular complexity index is 1060. The predicted molar refractivity (Wildman–Crippen MR) is 131 cm³/mol. The molecule has 172 valence electrons. The Morgan fingerprint density at radius 2 is 1.76 bits per heavy atom. The maximum Gasteiger partial charge on any atom is 0.319 e. The summed E-state index contributed by atoms with van der Waals surface area (Å²) in [6, 6.07) is 22.2. The van der Waals surface area contributed by atoms with Gasteiger partial charge < -0.3 is 20.1 Å². The van der Waals surface area contributed by atoms with E-state index in [0.717, 1.165) is 24.4 Å². The van der Waals surface area contributed by atoms with Gasteiger partial charge >= 0.3 is 6.03 Å². The van der Waals surface area contributed by atoms with E-state index in [1.165, 1.54) is 0 Å². The highest BCUT2D eigenvalue weighted by Gasteiger charge is 2.21. The van der Waals surface area contributed by atoms with Gasteiger partial charge in [0.05, 0.1) is 22.8 Å². The average Bonchev–Trinajstić information content (AvgIpc) is 2.82. The topological polar surface area (TPSA) is 62.8 Å². The van der Waals surface area contributed by atoms with Gasteiger partial charge in [-0.2, -0.15) is 0 Å². The fourth-order valence-electron chi connectivity index (χ4n) is 3.56. The molecule has 1 saturated heterocycles. The first-order chi connectivity index (χ1) is 16.0. The van der Waals surface area contributed by atoms with Crippen LogP contribution in [0.15, 0.2) is 72.8 Å². The number of nitrogens with zero attached hydrogens (tertiary/aromatic N) is 1. The van der Waals surface area contributed by atoms with Crippen LogP contribution in [-0.4, -0.2) is 43.3 Å². The van der Waals surface area contributed by atoms with Gasteiger partial charge in [-0.05, 0) is 54.1 Å². The predicted octanol–water partition coefficient (Wildman–Crippen LogP) is 5.81. The molecule has 1 fully saturated rings. The Morgan fingerprint density at radius 1 is 1.00 bits per heavy atom. The Labute approximate surface area is 203 Å². The molecule has 0 radical (unpaired) electrons. The first kappa shape index (κ1) is 23.4. The molecule has 1 atom stereocenters. The Morgan fingerprint density at radius 3 is 2.52 bits per heavy atom. The summed E-state index contributed by atoms with van der Waals surface area (Å²) in [5, 5.41) is 6.82. The molecule has 1 unspecified atom stereocenters. The Balaban J connectivity index is 1.21. The standard InChI is InChI=1S/C25H25Cl2N3O3/c26-23-11-6-18(14-24(23)27)16-30-12-13-32-22(17-30)15-28-25(31)29-19-7-9-21(10-8-19)33-20-4-2-1-3-5-20/h1-11,14,22H,12-13,15-17H2,(H2,28,29,31). The number of para-hydroxylation sites is 1. The van der Waals surface area contributed by atoms with E-state index in [0.29, 0.717) is 41.2 Å². The van der Waals surface area contributed by atoms with E-state index >= 15 is 0 Å². The van der Waals surface area contributed by atoms with Crippen LogP contribution in [0.1, 0.15) is 5.56 Å². The number of amides is 2. The van der Waals surface area contributed by atoms with E-state index in [4.69, 9.17) is 32.7 Å². The molecule has 0 bridgehead atoms. The van der Waals surface area contributed by atoms with Crippen molar-refractivity contribution in [2.24, 2.45) is 0 Å². The van der Waals surface area contributed by atoms with Gasteiger partial charge in [0.2, 0.25) is 0 Å². The lowest BCUT2D eigenvalue weighted by Gasteiger charge is -2.33. The minimum absolute atomic E-state index is 0.0890. The van der Waals surface area contributed by atoms with E-state index < -0.39 is 0 Å². The number of ether oxygens (including phenoxy) is 2. The summed E-state index contributed by atoms with van der Waals surface area (Å²) in [6.45, 7) is 3.31. The lowest BCUT2D eigenvalue weighted by Crippen LogP contribution is -2.47. The van der Waals surface area contributed by atoms with Crippen molar-refractivity contribution < 1.29 is 14.3 Å². The van der Waals surface area contributed by atoms with Crippen molar-refractivity contribution >= 4 is 34.9 Å². The van der Waals surface area contributed by atoms with Gasteiger partial charge in [0.1, 0.15) is 11.5 Å². The number of morpholine rings is 1. The van der Waals surface area contributed by atoms with E-state index in [-0.39, 0.29) is 12.1 Å². The van der Waals surface area contributed by atoms with Gasteiger partial charge in [0, 0.05) is 31.9 Å². The number of hydrogen-bond acceptors (Lipinski definition) is 4. The number of halogens is 2. The zero-order valence-electron chi connectivity index (χ0n) is 18.0. The molecule has 3 aromatic rings. The van der Waals surface area contributed by atoms with E-state index in [9.17, 15) is 4.79 Å². The van der Waals surface area contributed by atoms with Gasteiger partial charge in [-0.25, -0.2) is 4.79 Å². The van der Waals surface area contributed by atoms with E-state index in [1.54, 1.807) is 12.1 Å². The minimum atomic E-state index is -0.281. The van der Waals surface area contributed by atoms with Gasteiger partial charge in [0.15, 0.2) is 0 Å². The minimum Gasteiger partial charge on any atom is -0.457 e. The third kappa shape index (κ3) is 7.11. The molecule has 4 rings (SSSR count). The monoisotopic (exact) mass is 485 g/mol. The average molecular weight is 486 g/mol. The third-order valence-corrected chi connectivity index (χ3v) is 5.93. The molecular formula is C25H25Cl2N3O3. The summed E-state index contributed by atoms with van der Waals surface area (Å²) in [4.78, 5) is 14.6. The molecular weight excluding hydrogens is 461 g/mol. The molecule has 2 amide bonds. The largest absolute Gasteiger partial charge is 0.457 e. The van der Waals surface area contributed by atoms with Gasteiger partial charge in [0.25, 0.3) is 0 Å². The number of anilines is 1. The Hall–Kier alpha value is -2.77. The van der Waals surface area contributed by atoms with Crippen LogP contribution in [0.25, 0.3) is 0 Å². The lowest BCUT2D eigenvalue weighted by atomic mass is 10.2. The fourth-order valence-corrected chi connectivity index (χ4v) is 3.88. The van der Waals surface area contributed by atoms with Gasteiger partial charge in [-0.3, -0.25) is 4.90 Å². The van der Waals surface area contributed by atoms with Crippen molar-refractivity contribution in [3.63, 3.8) is 0 Å². The van der Waals surface area contributed by atoms with Crippen molar-refractivity contribution in [3.8, 4) is 11.5 Å². The second kappa shape index (κ2) is 11.4. The van der Waals surface area contributed by atoms with Crippen molar-refractivity contribution in [2.45, 2.75) is 12.6 Å². The summed E-state index contributed by atoms with van der Waals surface area (Å²) in [5.74, 6) is 1.46. The summed E-state index contributed by atoms with van der Waals surface area (Å²) in [5.41, 5.74) is 1.77. The normalized spacial score (nSPS) is 16.2. The molecule has 6 nitrogen and oxygen atoms in total. The van der Waals surface area contributed by atoms with Crippen LogP contribution in [0.3, 0.4) is 0 Å². The zero-order valence-corrected chi connectivity index (χ0v) is 19.5. The van der Waals surface area contributed by atoms with Crippen molar-refractivity contribution in [3.05, 3.63) is 88.4 Å². The first-order valence-electron chi connectivity index (χ1n) is 10.7. The molecule has 0 aromatic heterocycles. The molecule has 1 heterocycles. The van der Waals surface area contributed by atoms with Crippen LogP contribution in [0.4, 0.5) is 10.5 Å². The number of rotatable bonds is 7. The zero-order chi connectivity index (χ0) is 23.0. The third-order valence-electron chi connectivity index (χ3n) is 5.19. The number of hydrogen-bond donors (Lipinski definition) is 2. The smallest absolute Gasteiger partial charge is 0.319 e. The number of benzene rings is 3. The quantitative estimate of drug-likeness (QED) is 0.443. The summed E-state index contributed by atoms with van der Waals surface area (Å²) >= 11 is 12.1. The van der Waals surface area contributed by atoms with Gasteiger partial charge in [-0.1, -0.05) is 47.5 Å². The summed E-state index contributed by atoms with van der Waals surface area (Å²) in [7, 11) is 0. The molecule has 3 aromatic carbocycles. The number of carbonyl (C=O) groups is 1. The SMILES string of the molecule is O=C(NCC1CN(Cc2ccc(Cl)c(Cl)c2)CCO1)Nc1ccc(Oc2ccccc2)cc1. The highest BCUT2D eigenvalue weighted by Crippen LogP contribution is 2.24. The number of nitrogens with one attached hydrogen (secondary N) is 2. The molecule has 8 heteroatoms. The fraction of sp³-hybridized carbons (Fsp3) is 0.240. The van der Waals surface area contributed by atoms with Crippen molar-refractivity contribution in [1.29, 1.82) is 0 Å². The highest BCUT2D eigenvalue weighted by atomic mass is 35.5. The molecule has 2 N–H and O–H groups in total. The second-order valence-electron chi connectivity index (χ2n) is 7.75. The molecule has 0 spiro atoms. The highest BCUT2D eigenvalue weighted by molar-refractivity contribution is 6.42. The Kier molecular flexibility index (Phi) is 8.07. The van der Waals surface area contributed by atoms with Crippen LogP contribution in [-0.2, 0) is 11.3 Å². The first-order valence-corrected chi connectivity index (χ1v) is 11.5. The molecule has 33 heavy (non-hydrogen) atoms. The van der Waals surface area contributed by atoms with Crippen LogP contribution >= 0.6 is 23.2 Å². The van der Waals surface area contributed by atoms with Crippen molar-refractivity contribution in [1.82, 2.24) is 10.2 Å². The van der Waals surface area contributed by atoms with Gasteiger partial charge in [-0.15, -0.1) is 0 Å². The van der Waals surface area contributed by atoms with Crippen LogP contribution in [0, 0.1) is 0 Å². The summed E-state index contributed by atoms with van der Waals surface area (Å²) < 4.78 is 11.6. The number of urea groups is 1. The van der Waals surface area contributed by atoms with Crippen LogP contribution < -0.4 is 15.4 Å². The van der Waals surface area contributed by atoms with E-state index in [1.807, 2.05) is 60.7 Å². The van der Waals surface area contributed by atoms with E-state index in [2.05, 4.69) is 15.5 Å². The van der Waals surface area contributed by atoms with Crippen LogP contribution in [0.5, 0.6) is 11.5 Å². The lowest BCUT2D eigenvalue weighted by molar-refractivity contribution is -0.0285. The maximum absolute atomic E-state index is 12.3. The second-order valence-corrected chi connectivity index (χ2v) is 8.57. The number of carbonyl (C=O) groups excluding carboxylic acids is 1. The maximum atomic E-state index is 12.3. The summed E-state index contributed by atoms with van der Waals surface area (Å²) in [6.07, 6.45) is -0.0890. The van der Waals surface area contributed by atoms with Crippen molar-refractivity contribution in [2.75, 3.05) is 31.6 Å². The molecule has 1 aliphatic heterocycles.